The van der Waals surface area contributed by atoms with E-state index in [-0.39, 0.29) is 4.90 Å². The zero-order valence-corrected chi connectivity index (χ0v) is 14.4. The first kappa shape index (κ1) is 14.8. The third kappa shape index (κ3) is 3.06. The molecule has 0 amide bonds. The van der Waals surface area contributed by atoms with E-state index in [1.165, 1.54) is 35.6 Å². The molecule has 8 heteroatoms. The maximum absolute atomic E-state index is 12.3. The first-order valence-corrected chi connectivity index (χ1v) is 9.26. The van der Waals surface area contributed by atoms with Crippen molar-refractivity contribution in [3.63, 3.8) is 0 Å². The van der Waals surface area contributed by atoms with E-state index >= 15 is 0 Å². The van der Waals surface area contributed by atoms with Gasteiger partial charge >= 0.3 is 0 Å². The summed E-state index contributed by atoms with van der Waals surface area (Å²) in [6.45, 7) is 0. The lowest BCUT2D eigenvalue weighted by Crippen LogP contribution is -2.12. The van der Waals surface area contributed by atoms with E-state index in [2.05, 4.69) is 25.6 Å². The van der Waals surface area contributed by atoms with Gasteiger partial charge in [0, 0.05) is 9.50 Å². The van der Waals surface area contributed by atoms with Crippen LogP contribution in [0.3, 0.4) is 0 Å². The quantitative estimate of drug-likeness (QED) is 0.700. The molecule has 1 aromatic heterocycles. The molecule has 108 valence electrons. The van der Waals surface area contributed by atoms with Gasteiger partial charge in [-0.05, 0) is 52.3 Å². The molecule has 3 aromatic rings. The van der Waals surface area contributed by atoms with Gasteiger partial charge in [0.05, 0.1) is 15.1 Å². The van der Waals surface area contributed by atoms with Gasteiger partial charge in [-0.1, -0.05) is 29.0 Å². The van der Waals surface area contributed by atoms with E-state index in [0.29, 0.717) is 10.2 Å². The molecule has 0 spiro atoms. The van der Waals surface area contributed by atoms with Crippen LogP contribution in [0.25, 0.3) is 10.2 Å². The molecule has 0 aliphatic carbocycles. The number of para-hydroxylation sites is 1. The van der Waals surface area contributed by atoms with Gasteiger partial charge in [-0.3, -0.25) is 4.72 Å². The highest BCUT2D eigenvalue weighted by molar-refractivity contribution is 9.10. The first-order chi connectivity index (χ1) is 9.95. The summed E-state index contributed by atoms with van der Waals surface area (Å²) >= 11 is 10.4. The lowest BCUT2D eigenvalue weighted by atomic mass is 10.3. The summed E-state index contributed by atoms with van der Waals surface area (Å²) in [6, 6.07) is 11.6. The van der Waals surface area contributed by atoms with Crippen LogP contribution in [0.15, 0.2) is 51.8 Å². The number of nitrogens with zero attached hydrogens (tertiary/aromatic N) is 1. The fourth-order valence-electron chi connectivity index (χ4n) is 1.75. The minimum absolute atomic E-state index is 0.144. The van der Waals surface area contributed by atoms with Gasteiger partial charge in [-0.15, -0.1) is 0 Å². The maximum atomic E-state index is 12.3. The van der Waals surface area contributed by atoms with Crippen molar-refractivity contribution in [2.75, 3.05) is 4.72 Å². The zero-order chi connectivity index (χ0) is 15.0. The Morgan fingerprint density at radius 3 is 2.52 bits per heavy atom. The van der Waals surface area contributed by atoms with Gasteiger partial charge in [-0.2, -0.15) is 0 Å². The van der Waals surface area contributed by atoms with Crippen LogP contribution in [-0.2, 0) is 10.0 Å². The van der Waals surface area contributed by atoms with Crippen LogP contribution in [0.1, 0.15) is 0 Å². The number of thiazole rings is 1. The summed E-state index contributed by atoms with van der Waals surface area (Å²) in [5, 5.41) is 0.810. The summed E-state index contributed by atoms with van der Waals surface area (Å²) in [4.78, 5) is 4.44. The third-order valence-corrected chi connectivity index (χ3v) is 6.03. The van der Waals surface area contributed by atoms with Crippen molar-refractivity contribution in [3.05, 3.63) is 52.0 Å². The highest BCUT2D eigenvalue weighted by Gasteiger charge is 2.17. The van der Waals surface area contributed by atoms with E-state index in [1.54, 1.807) is 0 Å². The van der Waals surface area contributed by atoms with Crippen LogP contribution in [0, 0.1) is 0 Å². The van der Waals surface area contributed by atoms with Crippen molar-refractivity contribution in [2.45, 2.75) is 4.90 Å². The number of halogens is 2. The van der Waals surface area contributed by atoms with Gasteiger partial charge in [0.25, 0.3) is 10.0 Å². The zero-order valence-electron chi connectivity index (χ0n) is 10.4. The summed E-state index contributed by atoms with van der Waals surface area (Å²) in [6.07, 6.45) is 0. The molecule has 0 aliphatic rings. The highest BCUT2D eigenvalue weighted by Crippen LogP contribution is 2.32. The Balaban J connectivity index is 1.97. The van der Waals surface area contributed by atoms with Crippen molar-refractivity contribution in [3.8, 4) is 0 Å². The standard InChI is InChI=1S/C13H8BrClN2O2S2/c14-10-2-1-3-11-12(10)16-13(20-11)17-21(18,19)9-6-4-8(15)5-7-9/h1-7H,(H,16,17). The highest BCUT2D eigenvalue weighted by atomic mass is 79.9. The normalized spacial score (nSPS) is 11.7. The predicted octanol–water partition coefficient (Wildman–Crippen LogP) is 4.51. The Morgan fingerprint density at radius 1 is 1.14 bits per heavy atom. The number of fused-ring (bicyclic) bond motifs is 1. The molecule has 0 aliphatic heterocycles. The van der Waals surface area contributed by atoms with Crippen LogP contribution in [0.4, 0.5) is 5.13 Å². The number of benzene rings is 2. The molecular formula is C13H8BrClN2O2S2. The van der Waals surface area contributed by atoms with Crippen LogP contribution < -0.4 is 4.72 Å². The second-order valence-electron chi connectivity index (χ2n) is 4.17. The van der Waals surface area contributed by atoms with Crippen LogP contribution in [0.2, 0.25) is 5.02 Å². The van der Waals surface area contributed by atoms with Gasteiger partial charge in [-0.25, -0.2) is 13.4 Å². The first-order valence-electron chi connectivity index (χ1n) is 5.79. The number of sulfonamides is 1. The van der Waals surface area contributed by atoms with E-state index in [4.69, 9.17) is 11.6 Å². The second-order valence-corrected chi connectivity index (χ2v) is 8.17. The van der Waals surface area contributed by atoms with E-state index < -0.39 is 10.0 Å². The third-order valence-electron chi connectivity index (χ3n) is 2.72. The molecule has 0 bridgehead atoms. The largest absolute Gasteiger partial charge is 0.263 e. The van der Waals surface area contributed by atoms with Crippen molar-refractivity contribution < 1.29 is 8.42 Å². The Hall–Kier alpha value is -1.15. The lowest BCUT2D eigenvalue weighted by molar-refractivity contribution is 0.601. The number of hydrogen-bond donors (Lipinski definition) is 1. The Morgan fingerprint density at radius 2 is 1.86 bits per heavy atom. The van der Waals surface area contributed by atoms with Crippen molar-refractivity contribution in [1.82, 2.24) is 4.98 Å². The molecule has 0 unspecified atom stereocenters. The van der Waals surface area contributed by atoms with Crippen LogP contribution in [0.5, 0.6) is 0 Å². The fourth-order valence-corrected chi connectivity index (χ4v) is 4.59. The number of rotatable bonds is 3. The molecule has 21 heavy (non-hydrogen) atoms. The van der Waals surface area contributed by atoms with Gasteiger partial charge in [0.2, 0.25) is 0 Å². The average molecular weight is 404 g/mol. The summed E-state index contributed by atoms with van der Waals surface area (Å²) < 4.78 is 28.8. The topological polar surface area (TPSA) is 59.1 Å². The second kappa shape index (κ2) is 5.57. The van der Waals surface area contributed by atoms with E-state index in [1.807, 2.05) is 18.2 Å². The lowest BCUT2D eigenvalue weighted by Gasteiger charge is -2.04. The molecule has 4 nitrogen and oxygen atoms in total. The number of nitrogens with one attached hydrogen (secondary N) is 1. The maximum Gasteiger partial charge on any atom is 0.263 e. The Labute approximate surface area is 139 Å². The smallest absolute Gasteiger partial charge is 0.255 e. The Bertz CT molecular complexity index is 908. The monoisotopic (exact) mass is 402 g/mol. The van der Waals surface area contributed by atoms with Gasteiger partial charge < -0.3 is 0 Å². The minimum Gasteiger partial charge on any atom is -0.255 e. The molecule has 0 saturated heterocycles. The molecule has 3 rings (SSSR count). The number of hydrogen-bond acceptors (Lipinski definition) is 4. The van der Waals surface area contributed by atoms with Gasteiger partial charge in [0.1, 0.15) is 0 Å². The summed E-state index contributed by atoms with van der Waals surface area (Å²) in [5.74, 6) is 0. The molecule has 0 atom stereocenters. The van der Waals surface area contributed by atoms with Crippen molar-refractivity contribution in [2.24, 2.45) is 0 Å². The predicted molar refractivity (Wildman–Crippen MR) is 89.6 cm³/mol. The van der Waals surface area contributed by atoms with Crippen molar-refractivity contribution >= 4 is 64.2 Å². The summed E-state index contributed by atoms with van der Waals surface area (Å²) in [5.41, 5.74) is 0.733. The van der Waals surface area contributed by atoms with Crippen LogP contribution >= 0.6 is 38.9 Å². The van der Waals surface area contributed by atoms with Gasteiger partial charge in [0.15, 0.2) is 5.13 Å². The molecule has 1 N–H and O–H groups in total. The molecule has 0 radical (unpaired) electrons. The number of anilines is 1. The Kier molecular flexibility index (Phi) is 3.92. The number of aromatic nitrogens is 1. The molecule has 0 saturated carbocycles. The molecule has 1 heterocycles. The average Bonchev–Trinajstić information content (AvgIpc) is 2.82. The van der Waals surface area contributed by atoms with Crippen molar-refractivity contribution in [1.29, 1.82) is 0 Å². The van der Waals surface area contributed by atoms with E-state index in [0.717, 1.165) is 14.7 Å². The molecule has 0 fully saturated rings. The molecule has 2 aromatic carbocycles. The van der Waals surface area contributed by atoms with Crippen LogP contribution in [-0.4, -0.2) is 13.4 Å². The fraction of sp³-hybridized carbons (Fsp3) is 0. The molecular weight excluding hydrogens is 396 g/mol. The summed E-state index contributed by atoms with van der Waals surface area (Å²) in [7, 11) is -3.67. The minimum atomic E-state index is -3.67. The van der Waals surface area contributed by atoms with E-state index in [9.17, 15) is 8.42 Å². The SMILES string of the molecule is O=S(=O)(Nc1nc2c(Br)cccc2s1)c1ccc(Cl)cc1.